The number of benzene rings is 2. The predicted molar refractivity (Wildman–Crippen MR) is 95.9 cm³/mol. The lowest BCUT2D eigenvalue weighted by Crippen LogP contribution is -2.25. The number of hydrogen-bond acceptors (Lipinski definition) is 5. The second kappa shape index (κ2) is 8.11. The van der Waals surface area contributed by atoms with Crippen molar-refractivity contribution in [1.29, 1.82) is 0 Å². The van der Waals surface area contributed by atoms with Gasteiger partial charge in [0.1, 0.15) is 5.75 Å². The molecule has 26 heavy (non-hydrogen) atoms. The molecule has 0 atom stereocenters. The highest BCUT2D eigenvalue weighted by molar-refractivity contribution is 5.96. The molecule has 2 aromatic carbocycles. The maximum atomic E-state index is 12.1. The molecule has 0 radical (unpaired) electrons. The molecule has 0 bridgehead atoms. The van der Waals surface area contributed by atoms with Crippen LogP contribution in [-0.4, -0.2) is 28.5 Å². The number of phenolic OH excluding ortho intramolecular Hbond substituents is 1. The third kappa shape index (κ3) is 4.36. The first kappa shape index (κ1) is 17.4. The van der Waals surface area contributed by atoms with Crippen molar-refractivity contribution in [2.24, 2.45) is 0 Å². The summed E-state index contributed by atoms with van der Waals surface area (Å²) in [6, 6.07) is 17.2. The zero-order valence-electron chi connectivity index (χ0n) is 14.0. The van der Waals surface area contributed by atoms with Crippen LogP contribution < -0.4 is 5.32 Å². The molecular formula is C20H18N2O4. The van der Waals surface area contributed by atoms with Crippen LogP contribution in [0.15, 0.2) is 65.2 Å². The Morgan fingerprint density at radius 2 is 1.85 bits per heavy atom. The molecule has 1 amide bonds. The number of phenols is 1. The molecule has 132 valence electrons. The minimum absolute atomic E-state index is 0.0596. The maximum absolute atomic E-state index is 12.1. The molecule has 3 aromatic rings. The average molecular weight is 350 g/mol. The third-order valence-corrected chi connectivity index (χ3v) is 3.84. The van der Waals surface area contributed by atoms with Gasteiger partial charge in [-0.1, -0.05) is 47.6 Å². The van der Waals surface area contributed by atoms with Crippen LogP contribution in [0.3, 0.4) is 0 Å². The Morgan fingerprint density at radius 3 is 2.62 bits per heavy atom. The molecule has 1 heterocycles. The van der Waals surface area contributed by atoms with E-state index >= 15 is 0 Å². The standard InChI is InChI=1S/C20H18N2O4/c23-16-9-4-8-15(12-16)18(24)10-5-11-21-20(25)17-13-19(26-22-17)14-6-2-1-3-7-14/h1-4,6-9,12-13,23H,5,10-11H2,(H,21,25). The largest absolute Gasteiger partial charge is 0.508 e. The Hall–Kier alpha value is -3.41. The first-order valence-electron chi connectivity index (χ1n) is 8.26. The van der Waals surface area contributed by atoms with E-state index in [9.17, 15) is 14.7 Å². The van der Waals surface area contributed by atoms with Gasteiger partial charge in [0.2, 0.25) is 0 Å². The van der Waals surface area contributed by atoms with Crippen molar-refractivity contribution in [1.82, 2.24) is 10.5 Å². The zero-order chi connectivity index (χ0) is 18.4. The fourth-order valence-electron chi connectivity index (χ4n) is 2.49. The summed E-state index contributed by atoms with van der Waals surface area (Å²) in [4.78, 5) is 24.1. The van der Waals surface area contributed by atoms with Crippen LogP contribution in [0, 0.1) is 0 Å². The van der Waals surface area contributed by atoms with Crippen LogP contribution in [0.4, 0.5) is 0 Å². The van der Waals surface area contributed by atoms with Gasteiger partial charge < -0.3 is 14.9 Å². The monoisotopic (exact) mass is 350 g/mol. The van der Waals surface area contributed by atoms with Gasteiger partial charge in [-0.3, -0.25) is 9.59 Å². The van der Waals surface area contributed by atoms with Crippen LogP contribution in [0.1, 0.15) is 33.7 Å². The van der Waals surface area contributed by atoms with Crippen molar-refractivity contribution in [2.75, 3.05) is 6.54 Å². The van der Waals surface area contributed by atoms with E-state index in [2.05, 4.69) is 10.5 Å². The summed E-state index contributed by atoms with van der Waals surface area (Å²) < 4.78 is 5.20. The Labute approximate surface area is 150 Å². The molecular weight excluding hydrogens is 332 g/mol. The van der Waals surface area contributed by atoms with E-state index in [0.29, 0.717) is 24.3 Å². The minimum atomic E-state index is -0.347. The number of aromatic hydroxyl groups is 1. The first-order valence-corrected chi connectivity index (χ1v) is 8.26. The predicted octanol–water partition coefficient (Wildman–Crippen LogP) is 3.44. The van der Waals surface area contributed by atoms with E-state index in [1.807, 2.05) is 30.3 Å². The highest BCUT2D eigenvalue weighted by atomic mass is 16.5. The van der Waals surface area contributed by atoms with E-state index in [1.54, 1.807) is 18.2 Å². The molecule has 2 N–H and O–H groups in total. The lowest BCUT2D eigenvalue weighted by atomic mass is 10.1. The summed E-state index contributed by atoms with van der Waals surface area (Å²) in [7, 11) is 0. The fraction of sp³-hybridized carbons (Fsp3) is 0.150. The molecule has 0 fully saturated rings. The molecule has 3 rings (SSSR count). The highest BCUT2D eigenvalue weighted by Gasteiger charge is 2.13. The third-order valence-electron chi connectivity index (χ3n) is 3.84. The highest BCUT2D eigenvalue weighted by Crippen LogP contribution is 2.19. The molecule has 0 unspecified atom stereocenters. The molecule has 6 nitrogen and oxygen atoms in total. The lowest BCUT2D eigenvalue weighted by Gasteiger charge is -2.03. The van der Waals surface area contributed by atoms with Crippen molar-refractivity contribution in [3.05, 3.63) is 71.9 Å². The van der Waals surface area contributed by atoms with Gasteiger partial charge >= 0.3 is 0 Å². The number of ketones is 1. The van der Waals surface area contributed by atoms with E-state index in [0.717, 1.165) is 5.56 Å². The number of carbonyl (C=O) groups is 2. The number of aromatic nitrogens is 1. The second-order valence-electron chi connectivity index (χ2n) is 5.78. The van der Waals surface area contributed by atoms with Crippen molar-refractivity contribution < 1.29 is 19.2 Å². The zero-order valence-corrected chi connectivity index (χ0v) is 14.0. The van der Waals surface area contributed by atoms with Crippen molar-refractivity contribution in [3.8, 4) is 17.1 Å². The van der Waals surface area contributed by atoms with Gasteiger partial charge in [-0.25, -0.2) is 0 Å². The van der Waals surface area contributed by atoms with Crippen molar-refractivity contribution in [2.45, 2.75) is 12.8 Å². The number of Topliss-reactive ketones (excluding diaryl/α,β-unsaturated/α-hetero) is 1. The molecule has 0 saturated heterocycles. The average Bonchev–Trinajstić information content (AvgIpc) is 3.16. The Morgan fingerprint density at radius 1 is 1.04 bits per heavy atom. The summed E-state index contributed by atoms with van der Waals surface area (Å²) in [5.74, 6) is 0.155. The van der Waals surface area contributed by atoms with E-state index < -0.39 is 0 Å². The number of nitrogens with one attached hydrogen (secondary N) is 1. The van der Waals surface area contributed by atoms with Gasteiger partial charge in [0.15, 0.2) is 17.2 Å². The summed E-state index contributed by atoms with van der Waals surface area (Å²) in [5.41, 5.74) is 1.50. The van der Waals surface area contributed by atoms with Crippen LogP contribution in [0.2, 0.25) is 0 Å². The molecule has 0 spiro atoms. The van der Waals surface area contributed by atoms with Gasteiger partial charge in [0, 0.05) is 30.2 Å². The van der Waals surface area contributed by atoms with E-state index in [4.69, 9.17) is 4.52 Å². The normalized spacial score (nSPS) is 10.5. The van der Waals surface area contributed by atoms with Crippen LogP contribution in [0.5, 0.6) is 5.75 Å². The Bertz CT molecular complexity index is 903. The van der Waals surface area contributed by atoms with Gasteiger partial charge in [0.25, 0.3) is 5.91 Å². The molecule has 1 aromatic heterocycles. The Balaban J connectivity index is 1.47. The molecule has 0 aliphatic heterocycles. The number of hydrogen-bond donors (Lipinski definition) is 2. The summed E-state index contributed by atoms with van der Waals surface area (Å²) >= 11 is 0. The van der Waals surface area contributed by atoms with Crippen molar-refractivity contribution in [3.63, 3.8) is 0 Å². The van der Waals surface area contributed by atoms with Gasteiger partial charge in [0.05, 0.1) is 0 Å². The van der Waals surface area contributed by atoms with Crippen molar-refractivity contribution >= 4 is 11.7 Å². The van der Waals surface area contributed by atoms with Crippen LogP contribution in [-0.2, 0) is 0 Å². The number of amides is 1. The second-order valence-corrected chi connectivity index (χ2v) is 5.78. The minimum Gasteiger partial charge on any atom is -0.508 e. The fourth-order valence-corrected chi connectivity index (χ4v) is 2.49. The van der Waals surface area contributed by atoms with Crippen LogP contribution >= 0.6 is 0 Å². The number of rotatable bonds is 7. The SMILES string of the molecule is O=C(CCCNC(=O)c1cc(-c2ccccc2)on1)c1cccc(O)c1. The van der Waals surface area contributed by atoms with Gasteiger partial charge in [-0.15, -0.1) is 0 Å². The maximum Gasteiger partial charge on any atom is 0.273 e. The summed E-state index contributed by atoms with van der Waals surface area (Å²) in [6.45, 7) is 0.344. The molecule has 6 heteroatoms. The van der Waals surface area contributed by atoms with Crippen LogP contribution in [0.25, 0.3) is 11.3 Å². The summed E-state index contributed by atoms with van der Waals surface area (Å²) in [5, 5.41) is 15.9. The van der Waals surface area contributed by atoms with Gasteiger partial charge in [-0.05, 0) is 18.6 Å². The topological polar surface area (TPSA) is 92.4 Å². The lowest BCUT2D eigenvalue weighted by molar-refractivity contribution is 0.0931. The van der Waals surface area contributed by atoms with Gasteiger partial charge in [-0.2, -0.15) is 0 Å². The van der Waals surface area contributed by atoms with E-state index in [-0.39, 0.29) is 29.6 Å². The first-order chi connectivity index (χ1) is 12.6. The number of carbonyl (C=O) groups excluding carboxylic acids is 2. The number of nitrogens with zero attached hydrogens (tertiary/aromatic N) is 1. The smallest absolute Gasteiger partial charge is 0.273 e. The molecule has 0 aliphatic rings. The summed E-state index contributed by atoms with van der Waals surface area (Å²) in [6.07, 6.45) is 0.765. The van der Waals surface area contributed by atoms with E-state index in [1.165, 1.54) is 12.1 Å². The molecule has 0 saturated carbocycles. The Kier molecular flexibility index (Phi) is 5.43. The molecule has 0 aliphatic carbocycles. The quantitative estimate of drug-likeness (QED) is 0.503.